The van der Waals surface area contributed by atoms with Gasteiger partial charge >= 0.3 is 5.92 Å². The molecule has 2 amide bonds. The lowest BCUT2D eigenvalue weighted by Crippen LogP contribution is -2.51. The molecule has 2 aromatic rings. The number of carbonyl (C=O) groups is 2. The highest BCUT2D eigenvalue weighted by Gasteiger charge is 2.45. The summed E-state index contributed by atoms with van der Waals surface area (Å²) in [6.45, 7) is 1.92. The van der Waals surface area contributed by atoms with E-state index in [0.29, 0.717) is 18.2 Å². The van der Waals surface area contributed by atoms with Gasteiger partial charge < -0.3 is 15.7 Å². The van der Waals surface area contributed by atoms with E-state index in [1.807, 2.05) is 5.32 Å². The molecule has 5 nitrogen and oxygen atoms in total. The van der Waals surface area contributed by atoms with Crippen LogP contribution in [0.5, 0.6) is 0 Å². The smallest absolute Gasteiger partial charge is 0.352 e. The monoisotopic (exact) mass is 416 g/mol. The zero-order valence-electron chi connectivity index (χ0n) is 15.3. The lowest BCUT2D eigenvalue weighted by Gasteiger charge is -2.27. The van der Waals surface area contributed by atoms with Crippen molar-refractivity contribution < 1.29 is 36.6 Å². The number of anilines is 1. The van der Waals surface area contributed by atoms with Crippen molar-refractivity contribution in [2.24, 2.45) is 0 Å². The molecule has 0 saturated heterocycles. The van der Waals surface area contributed by atoms with Crippen LogP contribution in [-0.4, -0.2) is 29.1 Å². The number of benzene rings is 2. The van der Waals surface area contributed by atoms with Crippen LogP contribution in [0.15, 0.2) is 36.4 Å². The zero-order valence-corrected chi connectivity index (χ0v) is 15.3. The lowest BCUT2D eigenvalue weighted by atomic mass is 10.0. The molecular formula is C19H17F5N2O3. The highest BCUT2D eigenvalue weighted by atomic mass is 19.3. The number of aliphatic hydroxyl groups is 1. The first-order valence-electron chi connectivity index (χ1n) is 8.25. The second kappa shape index (κ2) is 8.16. The Kier molecular flexibility index (Phi) is 6.27. The minimum Gasteiger partial charge on any atom is -0.394 e. The Morgan fingerprint density at radius 3 is 2.17 bits per heavy atom. The molecule has 0 aliphatic heterocycles. The molecule has 0 aliphatic carbocycles. The molecular weight excluding hydrogens is 399 g/mol. The van der Waals surface area contributed by atoms with Crippen LogP contribution in [0.25, 0.3) is 0 Å². The Bertz CT molecular complexity index is 947. The molecule has 0 saturated carbocycles. The van der Waals surface area contributed by atoms with Gasteiger partial charge in [-0.1, -0.05) is 0 Å². The summed E-state index contributed by atoms with van der Waals surface area (Å²) >= 11 is 0. The Balaban J connectivity index is 2.31. The van der Waals surface area contributed by atoms with Crippen LogP contribution in [0.4, 0.5) is 27.6 Å². The van der Waals surface area contributed by atoms with E-state index in [-0.39, 0.29) is 5.69 Å². The van der Waals surface area contributed by atoms with Crippen molar-refractivity contribution in [3.8, 4) is 0 Å². The van der Waals surface area contributed by atoms with Gasteiger partial charge in [-0.25, -0.2) is 13.2 Å². The number of halogens is 5. The van der Waals surface area contributed by atoms with Crippen molar-refractivity contribution in [3.63, 3.8) is 0 Å². The molecule has 0 unspecified atom stereocenters. The molecule has 29 heavy (non-hydrogen) atoms. The van der Waals surface area contributed by atoms with Gasteiger partial charge in [0, 0.05) is 17.3 Å². The van der Waals surface area contributed by atoms with E-state index in [1.165, 1.54) is 13.8 Å². The standard InChI is InChI=1S/C19H17F5N2O3/c1-18(2,9-27)26-17(29)19(23,24)12-7-10(3-5-13(12)20)16(28)25-11-4-6-14(21)15(22)8-11/h3-8,27H,9H2,1-2H3,(H,25,28)(H,26,29). The molecule has 0 spiro atoms. The van der Waals surface area contributed by atoms with E-state index >= 15 is 0 Å². The molecule has 0 aromatic heterocycles. The van der Waals surface area contributed by atoms with E-state index in [4.69, 9.17) is 5.11 Å². The van der Waals surface area contributed by atoms with E-state index in [9.17, 15) is 31.5 Å². The molecule has 2 rings (SSSR count). The van der Waals surface area contributed by atoms with Crippen LogP contribution >= 0.6 is 0 Å². The number of hydrogen-bond donors (Lipinski definition) is 3. The number of hydrogen-bond acceptors (Lipinski definition) is 3. The normalized spacial score (nSPS) is 11.9. The number of carbonyl (C=O) groups excluding carboxylic acids is 2. The second-order valence-electron chi connectivity index (χ2n) is 6.85. The largest absolute Gasteiger partial charge is 0.394 e. The van der Waals surface area contributed by atoms with Crippen LogP contribution in [0.1, 0.15) is 29.8 Å². The summed E-state index contributed by atoms with van der Waals surface area (Å²) in [6, 6.07) is 4.42. The van der Waals surface area contributed by atoms with Crippen molar-refractivity contribution in [3.05, 3.63) is 65.0 Å². The van der Waals surface area contributed by atoms with Gasteiger partial charge in [-0.2, -0.15) is 8.78 Å². The molecule has 10 heteroatoms. The fourth-order valence-electron chi connectivity index (χ4n) is 2.23. The van der Waals surface area contributed by atoms with Crippen LogP contribution in [0.2, 0.25) is 0 Å². The molecule has 2 aromatic carbocycles. The molecule has 0 bridgehead atoms. The lowest BCUT2D eigenvalue weighted by molar-refractivity contribution is -0.149. The Hall–Kier alpha value is -3.01. The fourth-order valence-corrected chi connectivity index (χ4v) is 2.23. The minimum absolute atomic E-state index is 0.158. The number of amides is 2. The SMILES string of the molecule is CC(C)(CO)NC(=O)C(F)(F)c1cc(C(=O)Nc2ccc(F)c(F)c2)ccc1F. The van der Waals surface area contributed by atoms with Crippen molar-refractivity contribution in [2.75, 3.05) is 11.9 Å². The van der Waals surface area contributed by atoms with Gasteiger partial charge in [-0.15, -0.1) is 0 Å². The topological polar surface area (TPSA) is 78.4 Å². The summed E-state index contributed by atoms with van der Waals surface area (Å²) in [5.41, 5.74) is -3.35. The summed E-state index contributed by atoms with van der Waals surface area (Å²) in [5.74, 6) is -11.1. The molecule has 0 atom stereocenters. The summed E-state index contributed by atoms with van der Waals surface area (Å²) < 4.78 is 69.1. The molecule has 156 valence electrons. The second-order valence-corrected chi connectivity index (χ2v) is 6.85. The summed E-state index contributed by atoms with van der Waals surface area (Å²) in [7, 11) is 0. The molecule has 0 aliphatic rings. The third kappa shape index (κ3) is 5.08. The van der Waals surface area contributed by atoms with E-state index in [2.05, 4.69) is 5.32 Å². The van der Waals surface area contributed by atoms with Crippen molar-refractivity contribution in [1.29, 1.82) is 0 Å². The van der Waals surface area contributed by atoms with Crippen LogP contribution in [0.3, 0.4) is 0 Å². The van der Waals surface area contributed by atoms with Crippen LogP contribution in [-0.2, 0) is 10.7 Å². The zero-order chi connectivity index (χ0) is 22.0. The van der Waals surface area contributed by atoms with Gasteiger partial charge in [0.05, 0.1) is 17.7 Å². The first-order valence-corrected chi connectivity index (χ1v) is 8.25. The Morgan fingerprint density at radius 1 is 0.966 bits per heavy atom. The molecule has 0 fully saturated rings. The minimum atomic E-state index is -4.35. The van der Waals surface area contributed by atoms with Gasteiger partial charge in [0.15, 0.2) is 11.6 Å². The molecule has 3 N–H and O–H groups in total. The number of aliphatic hydroxyl groups excluding tert-OH is 1. The predicted octanol–water partition coefficient (Wildman–Crippen LogP) is 3.34. The summed E-state index contributed by atoms with van der Waals surface area (Å²) in [5, 5.41) is 13.1. The first kappa shape index (κ1) is 22.3. The first-order chi connectivity index (χ1) is 13.4. The fraction of sp³-hybridized carbons (Fsp3) is 0.263. The molecule has 0 heterocycles. The predicted molar refractivity (Wildman–Crippen MR) is 93.9 cm³/mol. The van der Waals surface area contributed by atoms with Gasteiger partial charge in [0.2, 0.25) is 0 Å². The molecule has 0 radical (unpaired) electrons. The van der Waals surface area contributed by atoms with E-state index in [1.54, 1.807) is 0 Å². The maximum absolute atomic E-state index is 14.5. The van der Waals surface area contributed by atoms with Crippen molar-refractivity contribution in [2.45, 2.75) is 25.3 Å². The highest BCUT2D eigenvalue weighted by Crippen LogP contribution is 2.32. The third-order valence-corrected chi connectivity index (χ3v) is 3.88. The summed E-state index contributed by atoms with van der Waals surface area (Å²) in [4.78, 5) is 24.1. The van der Waals surface area contributed by atoms with Crippen molar-refractivity contribution >= 4 is 17.5 Å². The van der Waals surface area contributed by atoms with E-state index < -0.39 is 58.5 Å². The maximum Gasteiger partial charge on any atom is 0.352 e. The number of alkyl halides is 2. The number of rotatable bonds is 6. The number of nitrogens with one attached hydrogen (secondary N) is 2. The van der Waals surface area contributed by atoms with E-state index in [0.717, 1.165) is 18.2 Å². The van der Waals surface area contributed by atoms with Gasteiger partial charge in [0.1, 0.15) is 5.82 Å². The highest BCUT2D eigenvalue weighted by molar-refractivity contribution is 6.04. The Labute approximate surface area is 162 Å². The third-order valence-electron chi connectivity index (χ3n) is 3.88. The Morgan fingerprint density at radius 2 is 1.59 bits per heavy atom. The average molecular weight is 416 g/mol. The van der Waals surface area contributed by atoms with Crippen molar-refractivity contribution in [1.82, 2.24) is 5.32 Å². The van der Waals surface area contributed by atoms with Gasteiger partial charge in [-0.05, 0) is 44.2 Å². The maximum atomic E-state index is 14.5. The van der Waals surface area contributed by atoms with Crippen LogP contribution in [0, 0.1) is 17.5 Å². The van der Waals surface area contributed by atoms with Gasteiger partial charge in [0.25, 0.3) is 11.8 Å². The van der Waals surface area contributed by atoms with Gasteiger partial charge in [-0.3, -0.25) is 9.59 Å². The quantitative estimate of drug-likeness (QED) is 0.632. The average Bonchev–Trinajstić information content (AvgIpc) is 2.64. The van der Waals surface area contributed by atoms with Crippen LogP contribution < -0.4 is 10.6 Å². The summed E-state index contributed by atoms with van der Waals surface area (Å²) in [6.07, 6.45) is 0.